The van der Waals surface area contributed by atoms with Crippen LogP contribution in [0.5, 0.6) is 0 Å². The van der Waals surface area contributed by atoms with Gasteiger partial charge in [0.1, 0.15) is 5.82 Å². The number of amides is 1. The first-order valence-corrected chi connectivity index (χ1v) is 9.81. The van der Waals surface area contributed by atoms with E-state index in [4.69, 9.17) is 11.5 Å². The number of carbonyl (C=O) groups is 2. The molecule has 1 aliphatic heterocycles. The molecular formula is C23H15N5O4. The Balaban J connectivity index is 1.83. The number of Topliss-reactive ketones (excluding diaryl/α,β-unsaturated/α-hetero) is 1. The van der Waals surface area contributed by atoms with E-state index >= 15 is 0 Å². The van der Waals surface area contributed by atoms with Crippen molar-refractivity contribution in [1.82, 2.24) is 13.9 Å². The molecule has 1 amide bonds. The van der Waals surface area contributed by atoms with Crippen LogP contribution in [-0.2, 0) is 10.3 Å². The molecule has 3 aromatic carbocycles. The number of hydrogen-bond donors (Lipinski definition) is 2. The number of hydrogen-bond acceptors (Lipinski definition) is 5. The predicted molar refractivity (Wildman–Crippen MR) is 116 cm³/mol. The molecule has 156 valence electrons. The molecule has 9 heteroatoms. The molecule has 2 heterocycles. The Hall–Kier alpha value is -4.66. The van der Waals surface area contributed by atoms with Crippen molar-refractivity contribution >= 4 is 28.3 Å². The van der Waals surface area contributed by atoms with E-state index in [-0.39, 0.29) is 11.4 Å². The van der Waals surface area contributed by atoms with E-state index in [1.54, 1.807) is 54.6 Å². The van der Waals surface area contributed by atoms with Gasteiger partial charge in [-0.1, -0.05) is 54.6 Å². The molecule has 0 bridgehead atoms. The van der Waals surface area contributed by atoms with Crippen LogP contribution < -0.4 is 22.8 Å². The van der Waals surface area contributed by atoms with E-state index in [9.17, 15) is 19.2 Å². The Morgan fingerprint density at radius 2 is 1.53 bits per heavy atom. The zero-order valence-electron chi connectivity index (χ0n) is 16.5. The third-order valence-electron chi connectivity index (χ3n) is 6.24. The molecule has 2 aliphatic rings. The lowest BCUT2D eigenvalue weighted by Crippen LogP contribution is -2.49. The summed E-state index contributed by atoms with van der Waals surface area (Å²) in [6, 6.07) is 18.6. The van der Waals surface area contributed by atoms with Crippen LogP contribution in [0.2, 0.25) is 0 Å². The fourth-order valence-corrected chi connectivity index (χ4v) is 5.05. The van der Waals surface area contributed by atoms with Crippen LogP contribution in [0, 0.1) is 0 Å². The number of fused-ring (bicyclic) bond motifs is 3. The lowest BCUT2D eigenvalue weighted by Gasteiger charge is -2.26. The second-order valence-electron chi connectivity index (χ2n) is 7.73. The van der Waals surface area contributed by atoms with E-state index < -0.39 is 28.6 Å². The molecule has 4 aromatic rings. The monoisotopic (exact) mass is 425 g/mol. The number of ketones is 1. The summed E-state index contributed by atoms with van der Waals surface area (Å²) >= 11 is 0. The average Bonchev–Trinajstić information content (AvgIpc) is 3.32. The molecule has 0 saturated heterocycles. The Morgan fingerprint density at radius 1 is 0.844 bits per heavy atom. The summed E-state index contributed by atoms with van der Waals surface area (Å²) in [5.74, 6) is -1.87. The number of carbonyl (C=O) groups excluding carboxylic acids is 2. The van der Waals surface area contributed by atoms with Gasteiger partial charge in [-0.05, 0) is 22.9 Å². The lowest BCUT2D eigenvalue weighted by molar-refractivity contribution is -0.115. The van der Waals surface area contributed by atoms with Gasteiger partial charge in [0, 0.05) is 11.1 Å². The molecule has 4 N–H and O–H groups in total. The minimum Gasteiger partial charge on any atom is -0.383 e. The largest absolute Gasteiger partial charge is 0.383 e. The van der Waals surface area contributed by atoms with Gasteiger partial charge in [0.15, 0.2) is 5.54 Å². The number of rotatable bonds is 2. The number of nitrogens with zero attached hydrogens (tertiary/aromatic N) is 3. The van der Waals surface area contributed by atoms with Crippen molar-refractivity contribution in [3.05, 3.63) is 104 Å². The maximum atomic E-state index is 14.0. The minimum absolute atomic E-state index is 0.291. The van der Waals surface area contributed by atoms with Crippen LogP contribution >= 0.6 is 0 Å². The molecule has 0 fully saturated rings. The van der Waals surface area contributed by atoms with Crippen LogP contribution in [-0.4, -0.2) is 25.6 Å². The quantitative estimate of drug-likeness (QED) is 0.483. The second-order valence-corrected chi connectivity index (χ2v) is 7.73. The van der Waals surface area contributed by atoms with Crippen LogP contribution in [0.3, 0.4) is 0 Å². The maximum Gasteiger partial charge on any atom is 0.358 e. The summed E-state index contributed by atoms with van der Waals surface area (Å²) in [4.78, 5) is 53.6. The third-order valence-corrected chi connectivity index (χ3v) is 6.24. The van der Waals surface area contributed by atoms with Crippen molar-refractivity contribution in [1.29, 1.82) is 0 Å². The molecule has 1 unspecified atom stereocenters. The molecule has 1 spiro atoms. The lowest BCUT2D eigenvalue weighted by atomic mass is 9.82. The first kappa shape index (κ1) is 18.1. The van der Waals surface area contributed by atoms with Gasteiger partial charge >= 0.3 is 11.4 Å². The molecule has 1 atom stereocenters. The fourth-order valence-electron chi connectivity index (χ4n) is 5.05. The molecular weight excluding hydrogens is 410 g/mol. The summed E-state index contributed by atoms with van der Waals surface area (Å²) in [5, 5.41) is 1.34. The van der Waals surface area contributed by atoms with Crippen molar-refractivity contribution in [2.45, 2.75) is 5.54 Å². The summed E-state index contributed by atoms with van der Waals surface area (Å²) < 4.78 is 2.76. The van der Waals surface area contributed by atoms with Crippen LogP contribution in [0.1, 0.15) is 15.9 Å². The van der Waals surface area contributed by atoms with Crippen LogP contribution in [0.25, 0.3) is 22.3 Å². The molecule has 0 radical (unpaired) electrons. The van der Waals surface area contributed by atoms with Crippen molar-refractivity contribution in [2.24, 2.45) is 11.5 Å². The van der Waals surface area contributed by atoms with E-state index in [0.29, 0.717) is 22.2 Å². The van der Waals surface area contributed by atoms with Crippen LogP contribution in [0.15, 0.2) is 81.9 Å². The summed E-state index contributed by atoms with van der Waals surface area (Å²) in [6.07, 6.45) is 0. The molecule has 32 heavy (non-hydrogen) atoms. The van der Waals surface area contributed by atoms with Gasteiger partial charge in [-0.3, -0.25) is 9.59 Å². The topological polar surface area (TPSA) is 135 Å². The summed E-state index contributed by atoms with van der Waals surface area (Å²) in [7, 11) is 0. The highest BCUT2D eigenvalue weighted by Crippen LogP contribution is 2.50. The molecule has 1 aromatic heterocycles. The number of primary amides is 1. The van der Waals surface area contributed by atoms with Gasteiger partial charge in [-0.15, -0.1) is 0 Å². The zero-order chi connectivity index (χ0) is 22.4. The van der Waals surface area contributed by atoms with Gasteiger partial charge in [-0.2, -0.15) is 4.68 Å². The van der Waals surface area contributed by atoms with E-state index in [0.717, 1.165) is 19.3 Å². The summed E-state index contributed by atoms with van der Waals surface area (Å²) in [6.45, 7) is 0. The van der Waals surface area contributed by atoms with E-state index in [2.05, 4.69) is 0 Å². The van der Waals surface area contributed by atoms with Crippen molar-refractivity contribution in [3.8, 4) is 5.69 Å². The smallest absolute Gasteiger partial charge is 0.358 e. The first-order valence-electron chi connectivity index (χ1n) is 9.81. The Morgan fingerprint density at radius 3 is 2.22 bits per heavy atom. The van der Waals surface area contributed by atoms with Gasteiger partial charge < -0.3 is 11.5 Å². The molecule has 6 rings (SSSR count). The Bertz CT molecular complexity index is 1670. The Kier molecular flexibility index (Phi) is 3.25. The number of benzene rings is 3. The minimum atomic E-state index is -1.96. The predicted octanol–water partition coefficient (Wildman–Crippen LogP) is 0.520. The Labute approximate surface area is 179 Å². The van der Waals surface area contributed by atoms with E-state index in [1.165, 1.54) is 0 Å². The highest BCUT2D eigenvalue weighted by Gasteiger charge is 2.60. The average molecular weight is 425 g/mol. The number of nitrogens with two attached hydrogens (primary N) is 2. The highest BCUT2D eigenvalue weighted by atomic mass is 16.2. The molecule has 9 nitrogen and oxygen atoms in total. The van der Waals surface area contributed by atoms with Gasteiger partial charge in [0.05, 0.1) is 11.3 Å². The molecule has 0 saturated carbocycles. The number of para-hydroxylation sites is 1. The number of aromatic nitrogens is 3. The fraction of sp³-hybridized carbons (Fsp3) is 0.0435. The maximum absolute atomic E-state index is 14.0. The normalized spacial score (nSPS) is 18.7. The SMILES string of the molecule is NC(=O)C1=C(N)n2c(=O)n(-c3ccccc3)c(=O)n2C12C(=O)c1cccc3cccc2c13. The second kappa shape index (κ2) is 5.73. The summed E-state index contributed by atoms with van der Waals surface area (Å²) in [5.41, 5.74) is 9.09. The van der Waals surface area contributed by atoms with Crippen LogP contribution in [0.4, 0.5) is 0 Å². The zero-order valence-corrected chi connectivity index (χ0v) is 16.5. The van der Waals surface area contributed by atoms with E-state index in [1.807, 2.05) is 12.1 Å². The third kappa shape index (κ3) is 1.80. The van der Waals surface area contributed by atoms with Gasteiger partial charge in [0.2, 0.25) is 5.78 Å². The first-order chi connectivity index (χ1) is 15.4. The van der Waals surface area contributed by atoms with Crippen molar-refractivity contribution in [2.75, 3.05) is 0 Å². The highest BCUT2D eigenvalue weighted by molar-refractivity contribution is 6.26. The van der Waals surface area contributed by atoms with Gasteiger partial charge in [0.25, 0.3) is 5.91 Å². The van der Waals surface area contributed by atoms with Crippen molar-refractivity contribution in [3.63, 3.8) is 0 Å². The van der Waals surface area contributed by atoms with Crippen molar-refractivity contribution < 1.29 is 9.59 Å². The standard InChI is InChI=1S/C23H15N5O4/c24-19-17(20(25)30)23(15-11-5-7-12-6-4-10-14(16(12)15)18(23)29)28-22(32)26(21(31)27(19)28)13-8-2-1-3-9-13/h1-11H,24H2,(H2,25,30). The van der Waals surface area contributed by atoms with Gasteiger partial charge in [-0.25, -0.2) is 18.8 Å². The molecule has 1 aliphatic carbocycles.